The van der Waals surface area contributed by atoms with Gasteiger partial charge in [-0.15, -0.1) is 0 Å². The van der Waals surface area contributed by atoms with E-state index in [0.29, 0.717) is 5.56 Å². The van der Waals surface area contributed by atoms with E-state index in [1.807, 2.05) is 24.3 Å². The van der Waals surface area contributed by atoms with Crippen LogP contribution in [0.3, 0.4) is 0 Å². The fourth-order valence-electron chi connectivity index (χ4n) is 1.75. The topological polar surface area (TPSA) is 54.0 Å². The van der Waals surface area contributed by atoms with Crippen molar-refractivity contribution < 1.29 is 4.79 Å². The van der Waals surface area contributed by atoms with E-state index in [1.165, 1.54) is 5.56 Å². The number of pyridine rings is 1. The molecule has 4 nitrogen and oxygen atoms in total. The molecule has 1 aromatic heterocycles. The van der Waals surface area contributed by atoms with Crippen molar-refractivity contribution in [2.75, 3.05) is 17.7 Å². The predicted molar refractivity (Wildman–Crippen MR) is 77.6 cm³/mol. The molecule has 0 radical (unpaired) electrons. The van der Waals surface area contributed by atoms with E-state index in [1.54, 1.807) is 25.4 Å². The third kappa shape index (κ3) is 3.31. The second kappa shape index (κ2) is 6.00. The summed E-state index contributed by atoms with van der Waals surface area (Å²) < 4.78 is 0. The summed E-state index contributed by atoms with van der Waals surface area (Å²) in [7, 11) is 1.79. The number of benzene rings is 1. The smallest absolute Gasteiger partial charge is 0.257 e. The lowest BCUT2D eigenvalue weighted by Gasteiger charge is -2.07. The molecule has 0 atom stereocenters. The number of aromatic nitrogens is 1. The maximum atomic E-state index is 12.0. The quantitative estimate of drug-likeness (QED) is 0.883. The van der Waals surface area contributed by atoms with Crippen molar-refractivity contribution in [3.05, 3.63) is 53.7 Å². The second-order valence-corrected chi connectivity index (χ2v) is 4.19. The van der Waals surface area contributed by atoms with Gasteiger partial charge in [-0.1, -0.05) is 19.1 Å². The average molecular weight is 255 g/mol. The standard InChI is InChI=1S/C15H17N3O/c1-3-11-5-4-6-13(9-11)18-15(19)12-7-8-14(16-2)17-10-12/h4-10H,3H2,1-2H3,(H,16,17)(H,18,19). The molecule has 1 heterocycles. The molecule has 98 valence electrons. The molecule has 2 N–H and O–H groups in total. The molecule has 2 rings (SSSR count). The lowest BCUT2D eigenvalue weighted by Crippen LogP contribution is -2.12. The number of anilines is 2. The monoisotopic (exact) mass is 255 g/mol. The summed E-state index contributed by atoms with van der Waals surface area (Å²) in [4.78, 5) is 16.2. The average Bonchev–Trinajstić information content (AvgIpc) is 2.47. The minimum absolute atomic E-state index is 0.150. The van der Waals surface area contributed by atoms with Crippen LogP contribution in [0.5, 0.6) is 0 Å². The van der Waals surface area contributed by atoms with E-state index in [9.17, 15) is 4.79 Å². The Bertz CT molecular complexity index is 564. The first-order valence-electron chi connectivity index (χ1n) is 6.27. The number of rotatable bonds is 4. The zero-order valence-corrected chi connectivity index (χ0v) is 11.1. The lowest BCUT2D eigenvalue weighted by atomic mass is 10.1. The van der Waals surface area contributed by atoms with Crippen LogP contribution in [0.2, 0.25) is 0 Å². The molecular weight excluding hydrogens is 238 g/mol. The highest BCUT2D eigenvalue weighted by atomic mass is 16.1. The van der Waals surface area contributed by atoms with Gasteiger partial charge in [-0.25, -0.2) is 4.98 Å². The van der Waals surface area contributed by atoms with Crippen molar-refractivity contribution in [3.63, 3.8) is 0 Å². The fraction of sp³-hybridized carbons (Fsp3) is 0.200. The maximum absolute atomic E-state index is 12.0. The predicted octanol–water partition coefficient (Wildman–Crippen LogP) is 2.94. The van der Waals surface area contributed by atoms with Crippen molar-refractivity contribution in [2.24, 2.45) is 0 Å². The van der Waals surface area contributed by atoms with Gasteiger partial charge in [0, 0.05) is 18.9 Å². The fourth-order valence-corrected chi connectivity index (χ4v) is 1.75. The van der Waals surface area contributed by atoms with Gasteiger partial charge in [0.1, 0.15) is 5.82 Å². The Hall–Kier alpha value is -2.36. The molecule has 0 saturated heterocycles. The Morgan fingerprint density at radius 2 is 2.11 bits per heavy atom. The highest BCUT2D eigenvalue weighted by Gasteiger charge is 2.06. The van der Waals surface area contributed by atoms with E-state index in [4.69, 9.17) is 0 Å². The highest BCUT2D eigenvalue weighted by molar-refractivity contribution is 6.04. The summed E-state index contributed by atoms with van der Waals surface area (Å²) in [6, 6.07) is 11.4. The van der Waals surface area contributed by atoms with Crippen LogP contribution in [0.4, 0.5) is 11.5 Å². The number of hydrogen-bond acceptors (Lipinski definition) is 3. The van der Waals surface area contributed by atoms with E-state index in [2.05, 4.69) is 22.5 Å². The zero-order valence-electron chi connectivity index (χ0n) is 11.1. The molecule has 2 aromatic rings. The lowest BCUT2D eigenvalue weighted by molar-refractivity contribution is 0.102. The van der Waals surface area contributed by atoms with Crippen LogP contribution in [0.1, 0.15) is 22.8 Å². The first kappa shape index (κ1) is 13.1. The van der Waals surface area contributed by atoms with Crippen LogP contribution in [-0.2, 0) is 6.42 Å². The third-order valence-electron chi connectivity index (χ3n) is 2.87. The van der Waals surface area contributed by atoms with Gasteiger partial charge in [0.05, 0.1) is 5.56 Å². The maximum Gasteiger partial charge on any atom is 0.257 e. The summed E-state index contributed by atoms with van der Waals surface area (Å²) in [6.45, 7) is 2.08. The van der Waals surface area contributed by atoms with Crippen molar-refractivity contribution >= 4 is 17.4 Å². The van der Waals surface area contributed by atoms with Gasteiger partial charge in [0.2, 0.25) is 0 Å². The number of amides is 1. The van der Waals surface area contributed by atoms with Gasteiger partial charge >= 0.3 is 0 Å². The molecule has 0 bridgehead atoms. The molecule has 0 fully saturated rings. The summed E-state index contributed by atoms with van der Waals surface area (Å²) in [5, 5.41) is 5.79. The molecule has 4 heteroatoms. The minimum atomic E-state index is -0.150. The Balaban J connectivity index is 2.11. The molecule has 0 spiro atoms. The first-order chi connectivity index (χ1) is 9.22. The first-order valence-corrected chi connectivity index (χ1v) is 6.27. The van der Waals surface area contributed by atoms with Crippen LogP contribution in [-0.4, -0.2) is 17.9 Å². The molecular formula is C15H17N3O. The SMILES string of the molecule is CCc1cccc(NC(=O)c2ccc(NC)nc2)c1. The Morgan fingerprint density at radius 3 is 2.74 bits per heavy atom. The van der Waals surface area contributed by atoms with Crippen LogP contribution >= 0.6 is 0 Å². The van der Waals surface area contributed by atoms with Gasteiger partial charge in [0.15, 0.2) is 0 Å². The van der Waals surface area contributed by atoms with Gasteiger partial charge in [-0.05, 0) is 36.2 Å². The van der Waals surface area contributed by atoms with E-state index < -0.39 is 0 Å². The molecule has 0 saturated carbocycles. The van der Waals surface area contributed by atoms with Crippen molar-refractivity contribution in [1.29, 1.82) is 0 Å². The highest BCUT2D eigenvalue weighted by Crippen LogP contribution is 2.13. The van der Waals surface area contributed by atoms with Crippen LogP contribution in [0.15, 0.2) is 42.6 Å². The molecule has 0 unspecified atom stereocenters. The number of carbonyl (C=O) groups is 1. The molecule has 0 aliphatic rings. The van der Waals surface area contributed by atoms with Gasteiger partial charge in [-0.3, -0.25) is 4.79 Å². The number of carbonyl (C=O) groups excluding carboxylic acids is 1. The van der Waals surface area contributed by atoms with Crippen molar-refractivity contribution in [1.82, 2.24) is 4.98 Å². The van der Waals surface area contributed by atoms with Crippen LogP contribution in [0.25, 0.3) is 0 Å². The van der Waals surface area contributed by atoms with Gasteiger partial charge in [0.25, 0.3) is 5.91 Å². The van der Waals surface area contributed by atoms with E-state index in [-0.39, 0.29) is 5.91 Å². The Kier molecular flexibility index (Phi) is 4.13. The van der Waals surface area contributed by atoms with Crippen LogP contribution in [0, 0.1) is 0 Å². The summed E-state index contributed by atoms with van der Waals surface area (Å²) >= 11 is 0. The Morgan fingerprint density at radius 1 is 1.26 bits per heavy atom. The second-order valence-electron chi connectivity index (χ2n) is 4.19. The van der Waals surface area contributed by atoms with Crippen LogP contribution < -0.4 is 10.6 Å². The number of nitrogens with one attached hydrogen (secondary N) is 2. The summed E-state index contributed by atoms with van der Waals surface area (Å²) in [5.41, 5.74) is 2.55. The minimum Gasteiger partial charge on any atom is -0.373 e. The molecule has 1 aromatic carbocycles. The Labute approximate surface area is 112 Å². The van der Waals surface area contributed by atoms with Gasteiger partial charge < -0.3 is 10.6 Å². The molecule has 1 amide bonds. The molecule has 19 heavy (non-hydrogen) atoms. The summed E-state index contributed by atoms with van der Waals surface area (Å²) in [6.07, 6.45) is 2.51. The van der Waals surface area contributed by atoms with Crippen molar-refractivity contribution in [3.8, 4) is 0 Å². The number of aryl methyl sites for hydroxylation is 1. The third-order valence-corrected chi connectivity index (χ3v) is 2.87. The van der Waals surface area contributed by atoms with E-state index in [0.717, 1.165) is 17.9 Å². The zero-order chi connectivity index (χ0) is 13.7. The number of hydrogen-bond donors (Lipinski definition) is 2. The van der Waals surface area contributed by atoms with Crippen molar-refractivity contribution in [2.45, 2.75) is 13.3 Å². The normalized spacial score (nSPS) is 10.0. The number of nitrogens with zero attached hydrogens (tertiary/aromatic N) is 1. The molecule has 0 aliphatic carbocycles. The van der Waals surface area contributed by atoms with E-state index >= 15 is 0 Å². The van der Waals surface area contributed by atoms with Gasteiger partial charge in [-0.2, -0.15) is 0 Å². The largest absolute Gasteiger partial charge is 0.373 e. The summed E-state index contributed by atoms with van der Waals surface area (Å²) in [5.74, 6) is 0.591. The molecule has 0 aliphatic heterocycles.